The maximum atomic E-state index is 13.9. The topological polar surface area (TPSA) is 107 Å². The Labute approximate surface area is 215 Å². The van der Waals surface area contributed by atoms with Crippen molar-refractivity contribution in [1.82, 2.24) is 34.0 Å². The van der Waals surface area contributed by atoms with Gasteiger partial charge >= 0.3 is 6.18 Å². The van der Waals surface area contributed by atoms with E-state index in [0.29, 0.717) is 11.3 Å². The fourth-order valence-corrected chi connectivity index (χ4v) is 4.50. The number of carbonyl (C=O) groups excluding carboxylic acids is 1. The number of rotatable bonds is 5. The van der Waals surface area contributed by atoms with Gasteiger partial charge in [-0.1, -0.05) is 0 Å². The van der Waals surface area contributed by atoms with Gasteiger partial charge in [-0.25, -0.2) is 4.68 Å². The third-order valence-electron chi connectivity index (χ3n) is 6.28. The number of fused-ring (bicyclic) bond motifs is 1. The first kappa shape index (κ1) is 25.2. The second-order valence-corrected chi connectivity index (χ2v) is 9.19. The van der Waals surface area contributed by atoms with Crippen LogP contribution >= 0.6 is 0 Å². The van der Waals surface area contributed by atoms with Crippen molar-refractivity contribution >= 4 is 5.91 Å². The van der Waals surface area contributed by atoms with E-state index in [1.165, 1.54) is 28.8 Å². The van der Waals surface area contributed by atoms with Gasteiger partial charge in [0, 0.05) is 37.6 Å². The molecule has 10 nitrogen and oxygen atoms in total. The quantitative estimate of drug-likeness (QED) is 0.431. The van der Waals surface area contributed by atoms with Crippen molar-refractivity contribution in [3.63, 3.8) is 0 Å². The van der Waals surface area contributed by atoms with Crippen LogP contribution in [-0.4, -0.2) is 53.1 Å². The minimum atomic E-state index is -4.72. The number of pyridine rings is 1. The fraction of sp³-hybridized carbons (Fsp3) is 0.320. The van der Waals surface area contributed by atoms with Gasteiger partial charge in [0.25, 0.3) is 5.91 Å². The summed E-state index contributed by atoms with van der Waals surface area (Å²) in [7, 11) is 3.02. The average molecular weight is 527 g/mol. The van der Waals surface area contributed by atoms with Crippen LogP contribution in [0.15, 0.2) is 43.0 Å². The summed E-state index contributed by atoms with van der Waals surface area (Å²) < 4.78 is 51.7. The summed E-state index contributed by atoms with van der Waals surface area (Å²) >= 11 is 0. The SMILES string of the molecule is Cc1ccnc(CN2CCOc3c(cc(Cn4cnn(C)c4=N)cc3-c3cn(C)nc3C(F)(F)F)C2=O)c1. The standard InChI is InChI=1S/C25H25F3N8O2/c1-15-4-5-30-17(8-15)12-35-6-7-38-21-18(20-13-33(2)32-22(20)25(26,27)28)9-16(10-19(21)23(35)37)11-36-14-31-34(3)24(36)29/h4-5,8-10,13-14,29H,6-7,11-12H2,1-3H3. The maximum Gasteiger partial charge on any atom is 0.435 e. The molecule has 0 saturated carbocycles. The maximum absolute atomic E-state index is 13.9. The highest BCUT2D eigenvalue weighted by Gasteiger charge is 2.39. The summed E-state index contributed by atoms with van der Waals surface area (Å²) in [6, 6.07) is 6.89. The first-order valence-corrected chi connectivity index (χ1v) is 11.8. The van der Waals surface area contributed by atoms with Gasteiger partial charge in [0.05, 0.1) is 30.9 Å². The highest BCUT2D eigenvalue weighted by atomic mass is 19.4. The molecule has 0 atom stereocenters. The van der Waals surface area contributed by atoms with Crippen LogP contribution in [0.1, 0.15) is 32.9 Å². The molecule has 5 rings (SSSR count). The summed E-state index contributed by atoms with van der Waals surface area (Å²) in [5.74, 6) is -0.317. The third kappa shape index (κ3) is 4.78. The minimum absolute atomic E-state index is 0.0687. The molecule has 4 heterocycles. The molecular weight excluding hydrogens is 501 g/mol. The molecule has 0 aliphatic carbocycles. The molecule has 1 amide bonds. The Morgan fingerprint density at radius 3 is 2.55 bits per heavy atom. The number of nitrogens with one attached hydrogen (secondary N) is 1. The zero-order valence-corrected chi connectivity index (χ0v) is 21.0. The third-order valence-corrected chi connectivity index (χ3v) is 6.28. The van der Waals surface area contributed by atoms with Crippen LogP contribution in [0.3, 0.4) is 0 Å². The molecule has 1 aliphatic rings. The van der Waals surface area contributed by atoms with E-state index in [2.05, 4.69) is 15.2 Å². The Balaban J connectivity index is 1.65. The molecular formula is C25H25F3N8O2. The van der Waals surface area contributed by atoms with E-state index < -0.39 is 11.9 Å². The fourth-order valence-electron chi connectivity index (χ4n) is 4.50. The van der Waals surface area contributed by atoms with E-state index in [9.17, 15) is 18.0 Å². The zero-order valence-electron chi connectivity index (χ0n) is 21.0. The summed E-state index contributed by atoms with van der Waals surface area (Å²) in [5.41, 5.74) is 1.26. The van der Waals surface area contributed by atoms with Gasteiger partial charge in [0.15, 0.2) is 5.69 Å². The number of alkyl halides is 3. The monoisotopic (exact) mass is 526 g/mol. The van der Waals surface area contributed by atoms with Crippen LogP contribution < -0.4 is 10.4 Å². The molecule has 0 radical (unpaired) electrons. The molecule has 13 heteroatoms. The van der Waals surface area contributed by atoms with Gasteiger partial charge in [0.1, 0.15) is 18.7 Å². The van der Waals surface area contributed by atoms with Gasteiger partial charge in [0.2, 0.25) is 5.62 Å². The molecule has 0 bridgehead atoms. The van der Waals surface area contributed by atoms with E-state index in [1.807, 2.05) is 19.1 Å². The van der Waals surface area contributed by atoms with Gasteiger partial charge < -0.3 is 9.64 Å². The van der Waals surface area contributed by atoms with Crippen LogP contribution in [0.25, 0.3) is 11.1 Å². The number of hydrogen-bond acceptors (Lipinski definition) is 6. The van der Waals surface area contributed by atoms with Crippen LogP contribution in [0.2, 0.25) is 0 Å². The number of amides is 1. The second kappa shape index (κ2) is 9.47. The number of ether oxygens (including phenoxy) is 1. The number of carbonyl (C=O) groups is 1. The molecule has 1 aliphatic heterocycles. The van der Waals surface area contributed by atoms with Crippen LogP contribution in [0, 0.1) is 12.3 Å². The number of aromatic nitrogens is 6. The first-order valence-electron chi connectivity index (χ1n) is 11.8. The summed E-state index contributed by atoms with van der Waals surface area (Å²) in [6.45, 7) is 2.58. The van der Waals surface area contributed by atoms with Crippen LogP contribution in [-0.2, 0) is 33.4 Å². The van der Waals surface area contributed by atoms with Gasteiger partial charge in [-0.3, -0.25) is 24.4 Å². The van der Waals surface area contributed by atoms with Gasteiger partial charge in [-0.2, -0.15) is 23.4 Å². The van der Waals surface area contributed by atoms with Crippen molar-refractivity contribution in [3.05, 3.63) is 76.7 Å². The lowest BCUT2D eigenvalue weighted by Crippen LogP contribution is -2.32. The summed E-state index contributed by atoms with van der Waals surface area (Å²) in [6.07, 6.45) is -0.336. The van der Waals surface area contributed by atoms with Crippen molar-refractivity contribution < 1.29 is 22.7 Å². The average Bonchev–Trinajstić information content (AvgIpc) is 3.35. The Bertz CT molecular complexity index is 1580. The lowest BCUT2D eigenvalue weighted by Gasteiger charge is -2.20. The second-order valence-electron chi connectivity index (χ2n) is 9.19. The van der Waals surface area contributed by atoms with E-state index in [1.54, 1.807) is 30.3 Å². The lowest BCUT2D eigenvalue weighted by molar-refractivity contribution is -0.140. The zero-order chi connectivity index (χ0) is 27.2. The predicted octanol–water partition coefficient (Wildman–Crippen LogP) is 2.91. The van der Waals surface area contributed by atoms with Crippen molar-refractivity contribution in [2.24, 2.45) is 14.1 Å². The molecule has 4 aromatic rings. The van der Waals surface area contributed by atoms with E-state index >= 15 is 0 Å². The van der Waals surface area contributed by atoms with Gasteiger partial charge in [-0.05, 0) is 42.3 Å². The Morgan fingerprint density at radius 1 is 1.11 bits per heavy atom. The molecule has 0 unspecified atom stereocenters. The van der Waals surface area contributed by atoms with E-state index in [-0.39, 0.29) is 60.2 Å². The number of aryl methyl sites for hydroxylation is 3. The summed E-state index contributed by atoms with van der Waals surface area (Å²) in [4.78, 5) is 19.7. The first-order chi connectivity index (χ1) is 18.0. The van der Waals surface area contributed by atoms with E-state index in [0.717, 1.165) is 10.2 Å². The Morgan fingerprint density at radius 2 is 1.87 bits per heavy atom. The van der Waals surface area contributed by atoms with Crippen molar-refractivity contribution in [1.29, 1.82) is 5.41 Å². The van der Waals surface area contributed by atoms with Crippen LogP contribution in [0.5, 0.6) is 5.75 Å². The smallest absolute Gasteiger partial charge is 0.435 e. The van der Waals surface area contributed by atoms with Gasteiger partial charge in [-0.15, -0.1) is 0 Å². The summed E-state index contributed by atoms with van der Waals surface area (Å²) in [5, 5.41) is 15.9. The number of halogens is 3. The normalized spacial score (nSPS) is 13.8. The van der Waals surface area contributed by atoms with Crippen LogP contribution in [0.4, 0.5) is 13.2 Å². The van der Waals surface area contributed by atoms with Crippen molar-refractivity contribution in [2.75, 3.05) is 13.2 Å². The molecule has 3 aromatic heterocycles. The Kier molecular flexibility index (Phi) is 6.29. The highest BCUT2D eigenvalue weighted by molar-refractivity contribution is 6.00. The number of hydrogen-bond donors (Lipinski definition) is 1. The number of benzene rings is 1. The molecule has 0 saturated heterocycles. The molecule has 1 aromatic carbocycles. The largest absolute Gasteiger partial charge is 0.490 e. The highest BCUT2D eigenvalue weighted by Crippen LogP contribution is 2.42. The molecule has 1 N–H and O–H groups in total. The van der Waals surface area contributed by atoms with Crippen molar-refractivity contribution in [3.8, 4) is 16.9 Å². The molecule has 198 valence electrons. The van der Waals surface area contributed by atoms with E-state index in [4.69, 9.17) is 10.1 Å². The van der Waals surface area contributed by atoms with Crippen molar-refractivity contribution in [2.45, 2.75) is 26.2 Å². The predicted molar refractivity (Wildman–Crippen MR) is 129 cm³/mol. The lowest BCUT2D eigenvalue weighted by atomic mass is 9.97. The Hall–Kier alpha value is -4.42. The number of nitrogens with zero attached hydrogens (tertiary/aromatic N) is 7. The molecule has 0 fully saturated rings. The molecule has 38 heavy (non-hydrogen) atoms. The molecule has 0 spiro atoms. The minimum Gasteiger partial charge on any atom is -0.490 e.